The minimum absolute atomic E-state index is 0.0817. The van der Waals surface area contributed by atoms with Gasteiger partial charge in [0.25, 0.3) is 5.89 Å². The predicted octanol–water partition coefficient (Wildman–Crippen LogP) is 3.78. The Bertz CT molecular complexity index is 854. The van der Waals surface area contributed by atoms with Crippen molar-refractivity contribution in [2.75, 3.05) is 6.61 Å². The van der Waals surface area contributed by atoms with E-state index in [0.717, 1.165) is 37.4 Å². The molecule has 1 fully saturated rings. The molecule has 6 nitrogen and oxygen atoms in total. The molecule has 130 valence electrons. The van der Waals surface area contributed by atoms with Crippen molar-refractivity contribution in [2.45, 2.75) is 39.3 Å². The molecule has 2 aromatic heterocycles. The maximum atomic E-state index is 5.78. The van der Waals surface area contributed by atoms with Gasteiger partial charge in [-0.25, -0.2) is 4.98 Å². The van der Waals surface area contributed by atoms with Crippen molar-refractivity contribution >= 4 is 0 Å². The van der Waals surface area contributed by atoms with Crippen LogP contribution in [0.3, 0.4) is 0 Å². The van der Waals surface area contributed by atoms with E-state index in [1.54, 1.807) is 0 Å². The summed E-state index contributed by atoms with van der Waals surface area (Å²) >= 11 is 0. The third-order valence-corrected chi connectivity index (χ3v) is 4.73. The van der Waals surface area contributed by atoms with E-state index in [9.17, 15) is 0 Å². The number of hydrogen-bond donors (Lipinski definition) is 0. The van der Waals surface area contributed by atoms with Crippen LogP contribution in [0.5, 0.6) is 0 Å². The van der Waals surface area contributed by atoms with Crippen LogP contribution in [0.15, 0.2) is 41.2 Å². The number of aryl methyl sites for hydroxylation is 1. The summed E-state index contributed by atoms with van der Waals surface area (Å²) in [7, 11) is 0. The lowest BCUT2D eigenvalue weighted by Gasteiger charge is -2.24. The zero-order chi connectivity index (χ0) is 17.2. The van der Waals surface area contributed by atoms with Crippen LogP contribution in [0.25, 0.3) is 11.4 Å². The lowest BCUT2D eigenvalue weighted by atomic mass is 9.98. The maximum absolute atomic E-state index is 5.78. The van der Waals surface area contributed by atoms with Gasteiger partial charge in [-0.3, -0.25) is 0 Å². The Kier molecular flexibility index (Phi) is 4.36. The van der Waals surface area contributed by atoms with Crippen molar-refractivity contribution in [3.8, 4) is 11.4 Å². The predicted molar refractivity (Wildman–Crippen MR) is 92.9 cm³/mol. The van der Waals surface area contributed by atoms with Gasteiger partial charge in [0.15, 0.2) is 0 Å². The van der Waals surface area contributed by atoms with Crippen LogP contribution in [0, 0.1) is 12.8 Å². The van der Waals surface area contributed by atoms with E-state index in [1.807, 2.05) is 31.5 Å². The SMILES string of the molecule is Cc1nccn1Cc1cccc(-c2noc([C@@H]3C[C@@H](C)CCO3)n2)c1. The molecular formula is C19H22N4O2. The molecule has 1 aliphatic rings. The molecule has 3 heterocycles. The number of ether oxygens (including phenoxy) is 1. The Labute approximate surface area is 146 Å². The molecule has 0 N–H and O–H groups in total. The fourth-order valence-corrected chi connectivity index (χ4v) is 3.19. The monoisotopic (exact) mass is 338 g/mol. The Hall–Kier alpha value is -2.47. The zero-order valence-electron chi connectivity index (χ0n) is 14.6. The average molecular weight is 338 g/mol. The van der Waals surface area contributed by atoms with Gasteiger partial charge in [0.05, 0.1) is 0 Å². The van der Waals surface area contributed by atoms with Crippen molar-refractivity contribution in [1.82, 2.24) is 19.7 Å². The molecule has 0 unspecified atom stereocenters. The van der Waals surface area contributed by atoms with Gasteiger partial charge in [0, 0.05) is 31.1 Å². The van der Waals surface area contributed by atoms with E-state index in [2.05, 4.69) is 38.7 Å². The number of hydrogen-bond acceptors (Lipinski definition) is 5. The minimum atomic E-state index is -0.0817. The first kappa shape index (κ1) is 16.0. The molecule has 0 saturated carbocycles. The van der Waals surface area contributed by atoms with Crippen LogP contribution in [0.4, 0.5) is 0 Å². The van der Waals surface area contributed by atoms with E-state index in [-0.39, 0.29) is 6.10 Å². The first-order valence-electron chi connectivity index (χ1n) is 8.71. The summed E-state index contributed by atoms with van der Waals surface area (Å²) in [6, 6.07) is 8.21. The smallest absolute Gasteiger partial charge is 0.256 e. The molecule has 0 spiro atoms. The fraction of sp³-hybridized carbons (Fsp3) is 0.421. The van der Waals surface area contributed by atoms with Crippen molar-refractivity contribution < 1.29 is 9.26 Å². The topological polar surface area (TPSA) is 66.0 Å². The number of nitrogens with zero attached hydrogens (tertiary/aromatic N) is 4. The van der Waals surface area contributed by atoms with Crippen molar-refractivity contribution in [1.29, 1.82) is 0 Å². The van der Waals surface area contributed by atoms with E-state index in [0.29, 0.717) is 17.6 Å². The first-order valence-corrected chi connectivity index (χ1v) is 8.71. The molecule has 1 aliphatic heterocycles. The Morgan fingerprint density at radius 3 is 3.04 bits per heavy atom. The molecule has 1 aromatic carbocycles. The van der Waals surface area contributed by atoms with Crippen LogP contribution in [0.1, 0.15) is 43.1 Å². The second-order valence-corrected chi connectivity index (χ2v) is 6.75. The van der Waals surface area contributed by atoms with Gasteiger partial charge in [-0.05, 0) is 37.3 Å². The third kappa shape index (κ3) is 3.49. The van der Waals surface area contributed by atoms with Gasteiger partial charge in [-0.2, -0.15) is 4.98 Å². The van der Waals surface area contributed by atoms with Crippen LogP contribution in [-0.2, 0) is 11.3 Å². The van der Waals surface area contributed by atoms with Gasteiger partial charge in [0.1, 0.15) is 11.9 Å². The minimum Gasteiger partial charge on any atom is -0.368 e. The van der Waals surface area contributed by atoms with E-state index in [4.69, 9.17) is 9.26 Å². The molecule has 1 saturated heterocycles. The molecule has 3 aromatic rings. The molecule has 0 radical (unpaired) electrons. The summed E-state index contributed by atoms with van der Waals surface area (Å²) in [5, 5.41) is 4.16. The lowest BCUT2D eigenvalue weighted by molar-refractivity contribution is -0.0240. The molecule has 0 aliphatic carbocycles. The van der Waals surface area contributed by atoms with Gasteiger partial charge in [0.2, 0.25) is 5.82 Å². The molecule has 0 bridgehead atoms. The number of rotatable bonds is 4. The quantitative estimate of drug-likeness (QED) is 0.724. The van der Waals surface area contributed by atoms with Gasteiger partial charge in [-0.15, -0.1) is 0 Å². The van der Waals surface area contributed by atoms with E-state index in [1.165, 1.54) is 5.56 Å². The van der Waals surface area contributed by atoms with Gasteiger partial charge >= 0.3 is 0 Å². The maximum Gasteiger partial charge on any atom is 0.256 e. The van der Waals surface area contributed by atoms with Crippen molar-refractivity contribution in [3.63, 3.8) is 0 Å². The Morgan fingerprint density at radius 2 is 2.24 bits per heavy atom. The van der Waals surface area contributed by atoms with Crippen molar-refractivity contribution in [3.05, 3.63) is 53.9 Å². The van der Waals surface area contributed by atoms with Crippen LogP contribution >= 0.6 is 0 Å². The van der Waals surface area contributed by atoms with Crippen LogP contribution in [-0.4, -0.2) is 26.3 Å². The van der Waals surface area contributed by atoms with E-state index < -0.39 is 0 Å². The second-order valence-electron chi connectivity index (χ2n) is 6.75. The first-order chi connectivity index (χ1) is 12.2. The standard InChI is InChI=1S/C19H22N4O2/c1-13-6-9-24-17(10-13)19-21-18(22-25-19)16-5-3-4-15(11-16)12-23-8-7-20-14(23)2/h3-5,7-8,11,13,17H,6,9-10,12H2,1-2H3/t13-,17-/m0/s1. The highest BCUT2D eigenvalue weighted by atomic mass is 16.5. The largest absolute Gasteiger partial charge is 0.368 e. The molecule has 2 atom stereocenters. The normalized spacial score (nSPS) is 20.7. The van der Waals surface area contributed by atoms with Gasteiger partial charge in [-0.1, -0.05) is 30.3 Å². The Morgan fingerprint density at radius 1 is 1.32 bits per heavy atom. The molecule has 25 heavy (non-hydrogen) atoms. The molecular weight excluding hydrogens is 316 g/mol. The summed E-state index contributed by atoms with van der Waals surface area (Å²) in [4.78, 5) is 8.84. The molecule has 6 heteroatoms. The molecule has 0 amide bonds. The third-order valence-electron chi connectivity index (χ3n) is 4.73. The highest BCUT2D eigenvalue weighted by Gasteiger charge is 2.26. The highest BCUT2D eigenvalue weighted by molar-refractivity contribution is 5.55. The number of aromatic nitrogens is 4. The number of imidazole rings is 1. The summed E-state index contributed by atoms with van der Waals surface area (Å²) < 4.78 is 13.4. The second kappa shape index (κ2) is 6.80. The Balaban J connectivity index is 1.54. The van der Waals surface area contributed by atoms with Crippen LogP contribution < -0.4 is 0 Å². The highest BCUT2D eigenvalue weighted by Crippen LogP contribution is 2.31. The van der Waals surface area contributed by atoms with Crippen LogP contribution in [0.2, 0.25) is 0 Å². The number of benzene rings is 1. The summed E-state index contributed by atoms with van der Waals surface area (Å²) in [5.41, 5.74) is 2.13. The summed E-state index contributed by atoms with van der Waals surface area (Å²) in [6.07, 6.45) is 5.74. The van der Waals surface area contributed by atoms with E-state index >= 15 is 0 Å². The zero-order valence-corrected chi connectivity index (χ0v) is 14.6. The van der Waals surface area contributed by atoms with Crippen molar-refractivity contribution in [2.24, 2.45) is 5.92 Å². The fourth-order valence-electron chi connectivity index (χ4n) is 3.19. The van der Waals surface area contributed by atoms with Gasteiger partial charge < -0.3 is 13.8 Å². The lowest BCUT2D eigenvalue weighted by Crippen LogP contribution is -2.18. The summed E-state index contributed by atoms with van der Waals surface area (Å²) in [6.45, 7) is 5.76. The average Bonchev–Trinajstić information content (AvgIpc) is 3.25. The summed E-state index contributed by atoms with van der Waals surface area (Å²) in [5.74, 6) is 2.81. The molecule has 4 rings (SSSR count).